The Labute approximate surface area is 263 Å². The molecule has 2 amide bonds. The van der Waals surface area contributed by atoms with E-state index in [4.69, 9.17) is 9.47 Å². The van der Waals surface area contributed by atoms with Crippen molar-refractivity contribution in [3.63, 3.8) is 0 Å². The van der Waals surface area contributed by atoms with Crippen LogP contribution >= 0.6 is 0 Å². The van der Waals surface area contributed by atoms with E-state index in [1.165, 1.54) is 14.2 Å². The molecule has 0 radical (unpaired) electrons. The molecule has 0 fully saturated rings. The van der Waals surface area contributed by atoms with E-state index >= 15 is 0 Å². The summed E-state index contributed by atoms with van der Waals surface area (Å²) in [7, 11) is 2.75. The van der Waals surface area contributed by atoms with Crippen molar-refractivity contribution < 1.29 is 28.7 Å². The van der Waals surface area contributed by atoms with Crippen LogP contribution in [0.3, 0.4) is 0 Å². The van der Waals surface area contributed by atoms with Crippen molar-refractivity contribution in [1.82, 2.24) is 15.3 Å². The summed E-state index contributed by atoms with van der Waals surface area (Å²) in [6.45, 7) is 11.7. The number of aliphatic imine (C=N–C) groups is 1. The minimum Gasteiger partial charge on any atom is -0.469 e. The van der Waals surface area contributed by atoms with E-state index in [9.17, 15) is 19.2 Å². The van der Waals surface area contributed by atoms with Crippen molar-refractivity contribution in [3.05, 3.63) is 66.6 Å². The number of methoxy groups -OCH3 is 2. The molecule has 2 aliphatic heterocycles. The Bertz CT molecular complexity index is 1760. The van der Waals surface area contributed by atoms with Crippen LogP contribution in [-0.2, 0) is 47.9 Å². The van der Waals surface area contributed by atoms with Crippen LogP contribution in [0.25, 0.3) is 12.2 Å². The lowest BCUT2D eigenvalue weighted by Crippen LogP contribution is -2.31. The van der Waals surface area contributed by atoms with Crippen molar-refractivity contribution in [2.45, 2.75) is 92.5 Å². The number of ether oxygens (including phenoxy) is 2. The van der Waals surface area contributed by atoms with Gasteiger partial charge in [-0.15, -0.1) is 0 Å². The van der Waals surface area contributed by atoms with Gasteiger partial charge in [0, 0.05) is 52.5 Å². The summed E-state index contributed by atoms with van der Waals surface area (Å²) >= 11 is 0. The first-order valence-corrected chi connectivity index (χ1v) is 15.5. The number of hydrogen-bond acceptors (Lipinski definition) is 6. The lowest BCUT2D eigenvalue weighted by atomic mass is 9.96. The molecule has 3 N–H and O–H groups in total. The first-order chi connectivity index (χ1) is 21.4. The van der Waals surface area contributed by atoms with Crippen LogP contribution < -0.4 is 16.0 Å². The third kappa shape index (κ3) is 6.95. The van der Waals surface area contributed by atoms with Crippen molar-refractivity contribution in [1.29, 1.82) is 0 Å². The van der Waals surface area contributed by atoms with Crippen LogP contribution in [0.15, 0.2) is 27.3 Å². The highest BCUT2D eigenvalue weighted by atomic mass is 16.5. The maximum absolute atomic E-state index is 12.4. The number of nitrogens with one attached hydrogen (secondary N) is 3. The van der Waals surface area contributed by atoms with Gasteiger partial charge in [-0.1, -0.05) is 13.8 Å². The summed E-state index contributed by atoms with van der Waals surface area (Å²) in [6, 6.07) is -0.107. The van der Waals surface area contributed by atoms with E-state index in [1.54, 1.807) is 6.92 Å². The molecule has 10 heteroatoms. The number of carbonyl (C=O) groups is 4. The van der Waals surface area contributed by atoms with Gasteiger partial charge >= 0.3 is 11.9 Å². The van der Waals surface area contributed by atoms with Gasteiger partial charge in [-0.25, -0.2) is 4.99 Å². The van der Waals surface area contributed by atoms with Crippen molar-refractivity contribution in [2.24, 2.45) is 4.99 Å². The Balaban J connectivity index is 1.86. The van der Waals surface area contributed by atoms with Gasteiger partial charge in [0.15, 0.2) is 0 Å². The molecular formula is C35H44N4O6. The van der Waals surface area contributed by atoms with Gasteiger partial charge in [-0.2, -0.15) is 0 Å². The van der Waals surface area contributed by atoms with Crippen molar-refractivity contribution in [3.8, 4) is 0 Å². The molecular weight excluding hydrogens is 572 g/mol. The molecule has 0 saturated carbocycles. The maximum Gasteiger partial charge on any atom is 0.305 e. The number of amides is 2. The third-order valence-corrected chi connectivity index (χ3v) is 9.15. The summed E-state index contributed by atoms with van der Waals surface area (Å²) in [5.41, 5.74) is 9.79. The Morgan fingerprint density at radius 3 is 2.07 bits per heavy atom. The van der Waals surface area contributed by atoms with Gasteiger partial charge in [0.1, 0.15) is 0 Å². The first kappa shape index (κ1) is 33.4. The predicted octanol–water partition coefficient (Wildman–Crippen LogP) is 3.26. The number of H-pyrrole nitrogens is 2. The van der Waals surface area contributed by atoms with E-state index in [0.717, 1.165) is 67.5 Å². The van der Waals surface area contributed by atoms with E-state index in [-0.39, 0.29) is 42.6 Å². The zero-order valence-electron chi connectivity index (χ0n) is 27.6. The first-order valence-electron chi connectivity index (χ1n) is 15.5. The molecule has 0 saturated heterocycles. The normalized spacial score (nSPS) is 17.5. The van der Waals surface area contributed by atoms with Gasteiger partial charge in [-0.3, -0.25) is 19.2 Å². The minimum atomic E-state index is -0.310. The lowest BCUT2D eigenvalue weighted by molar-refractivity contribution is -0.141. The summed E-state index contributed by atoms with van der Waals surface area (Å²) in [5, 5.41) is 4.71. The fraction of sp³-hybridized carbons (Fsp3) is 0.457. The fourth-order valence-corrected chi connectivity index (χ4v) is 6.37. The molecule has 2 aromatic rings. The molecule has 240 valence electrons. The monoisotopic (exact) mass is 616 g/mol. The lowest BCUT2D eigenvalue weighted by Gasteiger charge is -2.14. The van der Waals surface area contributed by atoms with Gasteiger partial charge in [0.05, 0.1) is 26.0 Å². The zero-order chi connectivity index (χ0) is 33.0. The van der Waals surface area contributed by atoms with Crippen LogP contribution in [0, 0.1) is 13.8 Å². The predicted molar refractivity (Wildman–Crippen MR) is 173 cm³/mol. The number of hydrogen-bond donors (Lipinski definition) is 3. The van der Waals surface area contributed by atoms with E-state index in [0.29, 0.717) is 37.0 Å². The second kappa shape index (κ2) is 14.1. The largest absolute Gasteiger partial charge is 0.469 e. The number of carbonyl (C=O) groups excluding carboxylic acids is 4. The molecule has 1 unspecified atom stereocenters. The average Bonchev–Trinajstić information content (AvgIpc) is 3.67. The standard InChI is InChI=1S/C35H44N4O6/c1-9-22-20(5)34(42)38-28(22)15-26-18(3)24(11-13-32(40)44-7)30(36-26)17-31-25(12-14-33(41)45-8)19(4)27(37-31)16-29-23(10-2)21(6)35(43)39-29/h15,17,29,36-37H,9-14,16H2,1-8H3,(H,39,43)/b26-15+,30-17-. The Morgan fingerprint density at radius 1 is 0.822 bits per heavy atom. The second-order valence-corrected chi connectivity index (χ2v) is 11.6. The number of esters is 2. The zero-order valence-corrected chi connectivity index (χ0v) is 27.6. The van der Waals surface area contributed by atoms with Crippen LogP contribution in [0.1, 0.15) is 87.0 Å². The molecule has 4 heterocycles. The van der Waals surface area contributed by atoms with Gasteiger partial charge in [0.25, 0.3) is 5.91 Å². The van der Waals surface area contributed by atoms with Gasteiger partial charge in [0.2, 0.25) is 5.91 Å². The molecule has 10 nitrogen and oxygen atoms in total. The molecule has 0 aromatic carbocycles. The SMILES string of the molecule is CCC1=C(C)C(=O)N=C1/C=c1/[nH]/c(=C\c2[nH]c(CC3NC(=O)C(C)=C3CC)c(C)c2CCC(=O)OC)c(CCC(=O)OC)c1C. The van der Waals surface area contributed by atoms with Gasteiger partial charge in [-0.05, 0) is 98.9 Å². The number of nitrogens with zero attached hydrogens (tertiary/aromatic N) is 1. The summed E-state index contributed by atoms with van der Waals surface area (Å²) in [4.78, 5) is 60.5. The Hall–Kier alpha value is -4.47. The highest BCUT2D eigenvalue weighted by Crippen LogP contribution is 2.27. The summed E-state index contributed by atoms with van der Waals surface area (Å²) < 4.78 is 9.85. The molecule has 45 heavy (non-hydrogen) atoms. The second-order valence-electron chi connectivity index (χ2n) is 11.6. The Kier molecular flexibility index (Phi) is 10.5. The van der Waals surface area contributed by atoms with E-state index in [1.807, 2.05) is 39.8 Å². The molecule has 0 aliphatic carbocycles. The van der Waals surface area contributed by atoms with Crippen LogP contribution in [-0.4, -0.2) is 59.7 Å². The number of aromatic nitrogens is 2. The number of aromatic amines is 2. The van der Waals surface area contributed by atoms with E-state index in [2.05, 4.69) is 27.2 Å². The number of allylic oxidation sites excluding steroid dienone is 1. The molecule has 4 rings (SSSR count). The van der Waals surface area contributed by atoms with Crippen molar-refractivity contribution in [2.75, 3.05) is 14.2 Å². The molecule has 2 aliphatic rings. The van der Waals surface area contributed by atoms with Crippen LogP contribution in [0.5, 0.6) is 0 Å². The highest BCUT2D eigenvalue weighted by Gasteiger charge is 2.29. The summed E-state index contributed by atoms with van der Waals surface area (Å²) in [5.74, 6) is -0.870. The van der Waals surface area contributed by atoms with E-state index < -0.39 is 0 Å². The third-order valence-electron chi connectivity index (χ3n) is 9.15. The maximum atomic E-state index is 12.4. The summed E-state index contributed by atoms with van der Waals surface area (Å²) in [6.07, 6.45) is 7.28. The number of rotatable bonds is 12. The minimum absolute atomic E-state index is 0.0375. The Morgan fingerprint density at radius 2 is 1.47 bits per heavy atom. The van der Waals surface area contributed by atoms with Crippen LogP contribution in [0.2, 0.25) is 0 Å². The molecule has 1 atom stereocenters. The van der Waals surface area contributed by atoms with Crippen molar-refractivity contribution >= 4 is 41.6 Å². The average molecular weight is 617 g/mol. The molecule has 0 spiro atoms. The smallest absolute Gasteiger partial charge is 0.305 e. The highest BCUT2D eigenvalue weighted by molar-refractivity contribution is 6.30. The quantitative estimate of drug-likeness (QED) is 0.313. The topological polar surface area (TPSA) is 143 Å². The van der Waals surface area contributed by atoms with Gasteiger partial charge < -0.3 is 24.8 Å². The molecule has 0 bridgehead atoms. The molecule has 2 aromatic heterocycles. The van der Waals surface area contributed by atoms with Crippen LogP contribution in [0.4, 0.5) is 0 Å². The fourth-order valence-electron chi connectivity index (χ4n) is 6.37.